The van der Waals surface area contributed by atoms with Crippen LogP contribution in [-0.2, 0) is 14.8 Å². The van der Waals surface area contributed by atoms with Crippen molar-refractivity contribution in [1.29, 1.82) is 0 Å². The molecule has 0 aliphatic heterocycles. The van der Waals surface area contributed by atoms with Crippen molar-refractivity contribution < 1.29 is 22.7 Å². The normalized spacial score (nSPS) is 12.0. The molecule has 0 radical (unpaired) electrons. The third-order valence-corrected chi connectivity index (χ3v) is 5.61. The van der Waals surface area contributed by atoms with Gasteiger partial charge < -0.3 is 15.4 Å². The Bertz CT molecular complexity index is 1010. The number of nitrogens with zero attached hydrogens (tertiary/aromatic N) is 1. The zero-order valence-electron chi connectivity index (χ0n) is 17.5. The Kier molecular flexibility index (Phi) is 7.82. The Hall–Kier alpha value is -3.07. The summed E-state index contributed by atoms with van der Waals surface area (Å²) in [5.74, 6) is -0.423. The second-order valence-corrected chi connectivity index (χ2v) is 8.75. The van der Waals surface area contributed by atoms with Crippen LogP contribution in [0.15, 0.2) is 48.5 Å². The van der Waals surface area contributed by atoms with Gasteiger partial charge in [0.1, 0.15) is 12.3 Å². The van der Waals surface area contributed by atoms with Gasteiger partial charge in [-0.1, -0.05) is 25.1 Å². The lowest BCUT2D eigenvalue weighted by Gasteiger charge is -2.22. The number of hydrogen-bond donors (Lipinski definition) is 2. The van der Waals surface area contributed by atoms with E-state index in [0.29, 0.717) is 22.7 Å². The molecule has 8 nitrogen and oxygen atoms in total. The van der Waals surface area contributed by atoms with E-state index in [1.54, 1.807) is 42.5 Å². The van der Waals surface area contributed by atoms with Crippen molar-refractivity contribution in [3.05, 3.63) is 54.1 Å². The maximum absolute atomic E-state index is 12.7. The number of rotatable bonds is 9. The SMILES string of the molecule is CCC(C)NC(=O)c1ccccc1NC(=O)CN(c1cccc(OC)c1)S(C)(=O)=O. The summed E-state index contributed by atoms with van der Waals surface area (Å²) < 4.78 is 30.7. The zero-order valence-corrected chi connectivity index (χ0v) is 18.3. The first kappa shape index (κ1) is 23.2. The fraction of sp³-hybridized carbons (Fsp3) is 0.333. The molecule has 0 fully saturated rings. The van der Waals surface area contributed by atoms with Gasteiger partial charge in [0.2, 0.25) is 15.9 Å². The molecule has 0 spiro atoms. The summed E-state index contributed by atoms with van der Waals surface area (Å²) in [5.41, 5.74) is 0.913. The second-order valence-electron chi connectivity index (χ2n) is 6.85. The predicted octanol–water partition coefficient (Wildman–Crippen LogP) is 2.63. The topological polar surface area (TPSA) is 105 Å². The molecule has 2 amide bonds. The van der Waals surface area contributed by atoms with Crippen molar-refractivity contribution in [2.24, 2.45) is 0 Å². The number of amides is 2. The quantitative estimate of drug-likeness (QED) is 0.633. The molecule has 30 heavy (non-hydrogen) atoms. The number of benzene rings is 2. The van der Waals surface area contributed by atoms with E-state index in [0.717, 1.165) is 17.0 Å². The number of hydrogen-bond acceptors (Lipinski definition) is 5. The smallest absolute Gasteiger partial charge is 0.253 e. The highest BCUT2D eigenvalue weighted by Gasteiger charge is 2.22. The number of methoxy groups -OCH3 is 1. The van der Waals surface area contributed by atoms with Gasteiger partial charge in [0.25, 0.3) is 5.91 Å². The van der Waals surface area contributed by atoms with Crippen molar-refractivity contribution in [3.8, 4) is 5.75 Å². The largest absolute Gasteiger partial charge is 0.497 e. The number of anilines is 2. The van der Waals surface area contributed by atoms with Crippen LogP contribution in [0.2, 0.25) is 0 Å². The maximum Gasteiger partial charge on any atom is 0.253 e. The van der Waals surface area contributed by atoms with Crippen LogP contribution in [0.5, 0.6) is 5.75 Å². The van der Waals surface area contributed by atoms with Crippen LogP contribution in [0.3, 0.4) is 0 Å². The van der Waals surface area contributed by atoms with Gasteiger partial charge >= 0.3 is 0 Å². The summed E-state index contributed by atoms with van der Waals surface area (Å²) in [6.45, 7) is 3.39. The fourth-order valence-electron chi connectivity index (χ4n) is 2.68. The summed E-state index contributed by atoms with van der Waals surface area (Å²) in [6, 6.07) is 13.0. The first-order valence-electron chi connectivity index (χ1n) is 9.47. The Morgan fingerprint density at radius 2 is 1.83 bits per heavy atom. The van der Waals surface area contributed by atoms with Crippen molar-refractivity contribution >= 4 is 33.2 Å². The van der Waals surface area contributed by atoms with Crippen molar-refractivity contribution in [1.82, 2.24) is 5.32 Å². The fourth-order valence-corrected chi connectivity index (χ4v) is 3.53. The number of nitrogens with one attached hydrogen (secondary N) is 2. The molecule has 0 saturated heterocycles. The molecular weight excluding hydrogens is 406 g/mol. The zero-order chi connectivity index (χ0) is 22.3. The molecule has 162 valence electrons. The van der Waals surface area contributed by atoms with Gasteiger partial charge in [-0.25, -0.2) is 8.42 Å². The van der Waals surface area contributed by atoms with Gasteiger partial charge in [-0.2, -0.15) is 0 Å². The first-order valence-corrected chi connectivity index (χ1v) is 11.3. The number of carbonyl (C=O) groups excluding carboxylic acids is 2. The van der Waals surface area contributed by atoms with Crippen LogP contribution < -0.4 is 19.7 Å². The summed E-state index contributed by atoms with van der Waals surface area (Å²) in [6.07, 6.45) is 1.79. The Balaban J connectivity index is 2.23. The third kappa shape index (κ3) is 6.21. The molecule has 0 saturated carbocycles. The first-order chi connectivity index (χ1) is 14.2. The van der Waals surface area contributed by atoms with Gasteiger partial charge in [-0.05, 0) is 37.6 Å². The molecule has 2 rings (SSSR count). The minimum Gasteiger partial charge on any atom is -0.497 e. The van der Waals surface area contributed by atoms with Crippen LogP contribution in [0, 0.1) is 0 Å². The van der Waals surface area contributed by atoms with E-state index in [2.05, 4.69) is 10.6 Å². The minimum atomic E-state index is -3.74. The van der Waals surface area contributed by atoms with Crippen LogP contribution in [0.1, 0.15) is 30.6 Å². The van der Waals surface area contributed by atoms with Crippen molar-refractivity contribution in [2.45, 2.75) is 26.3 Å². The van der Waals surface area contributed by atoms with E-state index in [-0.39, 0.29) is 11.9 Å². The Morgan fingerprint density at radius 1 is 1.13 bits per heavy atom. The molecule has 2 aromatic rings. The molecule has 1 unspecified atom stereocenters. The molecule has 0 bridgehead atoms. The molecule has 2 N–H and O–H groups in total. The summed E-state index contributed by atoms with van der Waals surface area (Å²) in [7, 11) is -2.27. The highest BCUT2D eigenvalue weighted by atomic mass is 32.2. The molecule has 2 aromatic carbocycles. The highest BCUT2D eigenvalue weighted by Crippen LogP contribution is 2.23. The summed E-state index contributed by atoms with van der Waals surface area (Å²) in [5, 5.41) is 5.50. The lowest BCUT2D eigenvalue weighted by atomic mass is 10.1. The van der Waals surface area contributed by atoms with Gasteiger partial charge in [0, 0.05) is 12.1 Å². The average Bonchev–Trinajstić information content (AvgIpc) is 2.71. The Morgan fingerprint density at radius 3 is 2.47 bits per heavy atom. The predicted molar refractivity (Wildman–Crippen MR) is 117 cm³/mol. The van der Waals surface area contributed by atoms with Gasteiger partial charge in [0.05, 0.1) is 30.3 Å². The van der Waals surface area contributed by atoms with Crippen LogP contribution in [0.4, 0.5) is 11.4 Å². The van der Waals surface area contributed by atoms with Crippen molar-refractivity contribution in [3.63, 3.8) is 0 Å². The van der Waals surface area contributed by atoms with Gasteiger partial charge in [0.15, 0.2) is 0 Å². The number of carbonyl (C=O) groups is 2. The molecule has 0 aliphatic rings. The molecule has 0 aliphatic carbocycles. The lowest BCUT2D eigenvalue weighted by Crippen LogP contribution is -2.38. The van der Waals surface area contributed by atoms with E-state index in [1.807, 2.05) is 13.8 Å². The van der Waals surface area contributed by atoms with E-state index < -0.39 is 22.5 Å². The van der Waals surface area contributed by atoms with Gasteiger partial charge in [-0.3, -0.25) is 13.9 Å². The number of sulfonamides is 1. The van der Waals surface area contributed by atoms with Crippen LogP contribution in [-0.4, -0.2) is 46.2 Å². The number of para-hydroxylation sites is 1. The third-order valence-electron chi connectivity index (χ3n) is 4.46. The van der Waals surface area contributed by atoms with Gasteiger partial charge in [-0.15, -0.1) is 0 Å². The van der Waals surface area contributed by atoms with Crippen LogP contribution in [0.25, 0.3) is 0 Å². The molecule has 9 heteroatoms. The average molecular weight is 434 g/mol. The minimum absolute atomic E-state index is 0.0185. The van der Waals surface area contributed by atoms with E-state index in [1.165, 1.54) is 13.2 Å². The van der Waals surface area contributed by atoms with E-state index in [4.69, 9.17) is 4.74 Å². The highest BCUT2D eigenvalue weighted by molar-refractivity contribution is 7.92. The van der Waals surface area contributed by atoms with E-state index >= 15 is 0 Å². The second kappa shape index (κ2) is 10.1. The standard InChI is InChI=1S/C21H27N3O5S/c1-5-15(2)22-21(26)18-11-6-7-12-19(18)23-20(25)14-24(30(4,27)28)16-9-8-10-17(13-16)29-3/h6-13,15H,5,14H2,1-4H3,(H,22,26)(H,23,25). The summed E-state index contributed by atoms with van der Waals surface area (Å²) in [4.78, 5) is 25.2. The van der Waals surface area contributed by atoms with Crippen LogP contribution >= 0.6 is 0 Å². The molecule has 0 heterocycles. The monoisotopic (exact) mass is 433 g/mol. The molecular formula is C21H27N3O5S. The number of ether oxygens (including phenoxy) is 1. The maximum atomic E-state index is 12.7. The molecule has 1 atom stereocenters. The Labute approximate surface area is 177 Å². The molecule has 0 aromatic heterocycles. The van der Waals surface area contributed by atoms with E-state index in [9.17, 15) is 18.0 Å². The van der Waals surface area contributed by atoms with Crippen molar-refractivity contribution in [2.75, 3.05) is 29.5 Å². The summed E-state index contributed by atoms with van der Waals surface area (Å²) >= 11 is 0. The lowest BCUT2D eigenvalue weighted by molar-refractivity contribution is -0.114.